The molecular weight excluding hydrogens is 396 g/mol. The van der Waals surface area contributed by atoms with Crippen LogP contribution in [0.4, 0.5) is 4.79 Å². The molecule has 29 heavy (non-hydrogen) atoms. The Bertz CT molecular complexity index is 1190. The number of H-pyrrole nitrogens is 1. The number of nitrogens with zero attached hydrogens (tertiary/aromatic N) is 3. The van der Waals surface area contributed by atoms with Crippen molar-refractivity contribution in [1.29, 1.82) is 0 Å². The zero-order valence-corrected chi connectivity index (χ0v) is 16.2. The third-order valence-corrected chi connectivity index (χ3v) is 6.56. The molecule has 3 aromatic heterocycles. The lowest BCUT2D eigenvalue weighted by molar-refractivity contribution is -0.0394. The van der Waals surface area contributed by atoms with Crippen LogP contribution < -0.4 is 5.56 Å². The second-order valence-corrected chi connectivity index (χ2v) is 8.31. The van der Waals surface area contributed by atoms with Gasteiger partial charge in [0.25, 0.3) is 5.56 Å². The Morgan fingerprint density at radius 1 is 1.31 bits per heavy atom. The van der Waals surface area contributed by atoms with E-state index < -0.39 is 11.9 Å². The summed E-state index contributed by atoms with van der Waals surface area (Å²) in [7, 11) is 0. The molecule has 0 bridgehead atoms. The van der Waals surface area contributed by atoms with Gasteiger partial charge in [0.05, 0.1) is 25.0 Å². The number of hydrogen-bond acceptors (Lipinski definition) is 6. The third-order valence-electron chi connectivity index (χ3n) is 5.37. The summed E-state index contributed by atoms with van der Waals surface area (Å²) in [5, 5.41) is 14.3. The highest BCUT2D eigenvalue weighted by Gasteiger charge is 2.30. The van der Waals surface area contributed by atoms with Gasteiger partial charge < -0.3 is 14.8 Å². The van der Waals surface area contributed by atoms with Crippen molar-refractivity contribution in [2.75, 3.05) is 13.2 Å². The van der Waals surface area contributed by atoms with Gasteiger partial charge in [-0.3, -0.25) is 14.5 Å². The van der Waals surface area contributed by atoms with Gasteiger partial charge in [0.1, 0.15) is 10.9 Å². The van der Waals surface area contributed by atoms with Gasteiger partial charge in [-0.2, -0.15) is 5.10 Å². The van der Waals surface area contributed by atoms with E-state index in [0.29, 0.717) is 15.6 Å². The number of ether oxygens (including phenoxy) is 1. The first-order valence-electron chi connectivity index (χ1n) is 9.37. The monoisotopic (exact) mass is 414 g/mol. The summed E-state index contributed by atoms with van der Waals surface area (Å²) in [6.45, 7) is 0.530. The summed E-state index contributed by atoms with van der Waals surface area (Å²) in [6, 6.07) is 1.84. The summed E-state index contributed by atoms with van der Waals surface area (Å²) < 4.78 is 8.03. The van der Waals surface area contributed by atoms with Crippen LogP contribution in [0.3, 0.4) is 0 Å². The standard InChI is InChI=1S/C19H18N4O5S/c24-13-9-22(19(26)27)8-12-11-5-14(29-17(11)18(25)21-16(12)13)10-6-20-23(7-10)15-3-1-2-4-28-15/h5-7,15H,1-4,8-9H2,(H,21,25)(H,26,27). The predicted molar refractivity (Wildman–Crippen MR) is 105 cm³/mol. The lowest BCUT2D eigenvalue weighted by Crippen LogP contribution is -2.40. The summed E-state index contributed by atoms with van der Waals surface area (Å²) in [5.74, 6) is -0.400. The van der Waals surface area contributed by atoms with Crippen LogP contribution in [0.5, 0.6) is 0 Å². The second kappa shape index (κ2) is 6.82. The van der Waals surface area contributed by atoms with Crippen LogP contribution in [0.2, 0.25) is 0 Å². The van der Waals surface area contributed by atoms with E-state index in [1.165, 1.54) is 11.3 Å². The Kier molecular flexibility index (Phi) is 4.25. The number of nitrogens with one attached hydrogen (secondary N) is 1. The molecule has 5 heterocycles. The highest BCUT2D eigenvalue weighted by molar-refractivity contribution is 7.22. The highest BCUT2D eigenvalue weighted by atomic mass is 32.1. The third kappa shape index (κ3) is 3.04. The maximum Gasteiger partial charge on any atom is 0.408 e. The average molecular weight is 414 g/mol. The molecule has 2 N–H and O–H groups in total. The zero-order chi connectivity index (χ0) is 20.1. The SMILES string of the molecule is O=C1CN(C(=O)O)Cc2c1[nH]c(=O)c1sc(-c3cnn(C4CCCCO4)c3)cc21. The fraction of sp³-hybridized carbons (Fsp3) is 0.368. The smallest absolute Gasteiger partial charge is 0.408 e. The van der Waals surface area contributed by atoms with Gasteiger partial charge in [0.2, 0.25) is 0 Å². The minimum Gasteiger partial charge on any atom is -0.465 e. The fourth-order valence-corrected chi connectivity index (χ4v) is 4.95. The number of rotatable bonds is 2. The number of carbonyl (C=O) groups is 2. The highest BCUT2D eigenvalue weighted by Crippen LogP contribution is 2.36. The molecule has 0 saturated carbocycles. The molecule has 1 saturated heterocycles. The molecule has 3 aromatic rings. The van der Waals surface area contributed by atoms with E-state index in [4.69, 9.17) is 4.74 Å². The van der Waals surface area contributed by atoms with Crippen LogP contribution in [0.15, 0.2) is 23.3 Å². The van der Waals surface area contributed by atoms with Crippen molar-refractivity contribution in [3.63, 3.8) is 0 Å². The molecule has 2 aliphatic rings. The number of thiophene rings is 1. The Morgan fingerprint density at radius 3 is 2.93 bits per heavy atom. The number of hydrogen-bond donors (Lipinski definition) is 2. The molecule has 0 radical (unpaired) electrons. The van der Waals surface area contributed by atoms with Crippen LogP contribution in [-0.4, -0.2) is 49.8 Å². The Morgan fingerprint density at radius 2 is 2.17 bits per heavy atom. The first-order chi connectivity index (χ1) is 14.0. The first-order valence-corrected chi connectivity index (χ1v) is 10.2. The number of fused-ring (bicyclic) bond motifs is 3. The first kappa shape index (κ1) is 18.1. The predicted octanol–water partition coefficient (Wildman–Crippen LogP) is 2.83. The quantitative estimate of drug-likeness (QED) is 0.666. The van der Waals surface area contributed by atoms with Crippen LogP contribution in [-0.2, 0) is 11.3 Å². The molecule has 5 rings (SSSR count). The van der Waals surface area contributed by atoms with Crippen LogP contribution in [0, 0.1) is 0 Å². The maximum atomic E-state index is 12.5. The number of pyridine rings is 1. The summed E-state index contributed by atoms with van der Waals surface area (Å²) in [6.07, 6.45) is 5.46. The molecule has 2 aliphatic heterocycles. The molecule has 9 nitrogen and oxygen atoms in total. The number of ketones is 1. The van der Waals surface area contributed by atoms with Crippen LogP contribution in [0.25, 0.3) is 20.5 Å². The van der Waals surface area contributed by atoms with Crippen molar-refractivity contribution in [3.05, 3.63) is 40.1 Å². The van der Waals surface area contributed by atoms with E-state index in [-0.39, 0.29) is 30.6 Å². The topological polar surface area (TPSA) is 118 Å². The van der Waals surface area contributed by atoms with Crippen molar-refractivity contribution in [2.24, 2.45) is 0 Å². The van der Waals surface area contributed by atoms with Gasteiger partial charge in [-0.1, -0.05) is 0 Å². The Hall–Kier alpha value is -2.98. The summed E-state index contributed by atoms with van der Waals surface area (Å²) >= 11 is 1.31. The Balaban J connectivity index is 1.58. The van der Waals surface area contributed by atoms with E-state index in [0.717, 1.165) is 41.2 Å². The van der Waals surface area contributed by atoms with Gasteiger partial charge in [-0.05, 0) is 25.3 Å². The molecule has 1 amide bonds. The number of aromatic nitrogens is 3. The van der Waals surface area contributed by atoms with E-state index in [2.05, 4.69) is 10.1 Å². The van der Waals surface area contributed by atoms with Crippen molar-refractivity contribution >= 4 is 33.3 Å². The number of carbonyl (C=O) groups excluding carboxylic acids is 1. The van der Waals surface area contributed by atoms with Crippen molar-refractivity contribution < 1.29 is 19.4 Å². The van der Waals surface area contributed by atoms with Gasteiger partial charge in [0, 0.05) is 34.2 Å². The molecule has 150 valence electrons. The molecule has 1 unspecified atom stereocenters. The van der Waals surface area contributed by atoms with Crippen LogP contribution >= 0.6 is 11.3 Å². The van der Waals surface area contributed by atoms with Crippen molar-refractivity contribution in [1.82, 2.24) is 19.7 Å². The summed E-state index contributed by atoms with van der Waals surface area (Å²) in [4.78, 5) is 40.8. The molecule has 0 spiro atoms. The average Bonchev–Trinajstić information content (AvgIpc) is 3.37. The van der Waals surface area contributed by atoms with Gasteiger partial charge in [-0.15, -0.1) is 11.3 Å². The van der Waals surface area contributed by atoms with Gasteiger partial charge >= 0.3 is 6.09 Å². The molecular formula is C19H18N4O5S. The minimum atomic E-state index is -1.16. The van der Waals surface area contributed by atoms with Gasteiger partial charge in [-0.25, -0.2) is 9.48 Å². The van der Waals surface area contributed by atoms with Crippen molar-refractivity contribution in [3.8, 4) is 10.4 Å². The lowest BCUT2D eigenvalue weighted by atomic mass is 10.0. The minimum absolute atomic E-state index is 0.0645. The van der Waals surface area contributed by atoms with E-state index >= 15 is 0 Å². The second-order valence-electron chi connectivity index (χ2n) is 7.25. The van der Waals surface area contributed by atoms with E-state index in [9.17, 15) is 19.5 Å². The normalized spacial score (nSPS) is 19.5. The van der Waals surface area contributed by atoms with E-state index in [1.807, 2.05) is 12.3 Å². The maximum absolute atomic E-state index is 12.5. The summed E-state index contributed by atoms with van der Waals surface area (Å²) in [5.41, 5.74) is 1.26. The molecule has 0 aliphatic carbocycles. The largest absolute Gasteiger partial charge is 0.465 e. The number of amides is 1. The number of aromatic amines is 1. The van der Waals surface area contributed by atoms with Crippen molar-refractivity contribution in [2.45, 2.75) is 32.0 Å². The Labute approximate surface area is 168 Å². The molecule has 1 fully saturated rings. The number of Topliss-reactive ketones (excluding diaryl/α,β-unsaturated/α-hetero) is 1. The van der Waals surface area contributed by atoms with Gasteiger partial charge in [0.15, 0.2) is 5.78 Å². The molecule has 10 heteroatoms. The zero-order valence-electron chi connectivity index (χ0n) is 15.4. The number of carboxylic acid groups (broad SMARTS) is 1. The van der Waals surface area contributed by atoms with Crippen LogP contribution in [0.1, 0.15) is 41.5 Å². The molecule has 1 atom stereocenters. The fourth-order valence-electron chi connectivity index (χ4n) is 3.90. The molecule has 0 aromatic carbocycles. The lowest BCUT2D eigenvalue weighted by Gasteiger charge is -2.25. The van der Waals surface area contributed by atoms with E-state index in [1.54, 1.807) is 10.9 Å².